The van der Waals surface area contributed by atoms with E-state index < -0.39 is 0 Å². The highest BCUT2D eigenvalue weighted by atomic mass is 16.5. The topological polar surface area (TPSA) is 82.4 Å². The molecule has 0 spiro atoms. The van der Waals surface area contributed by atoms with E-state index in [-0.39, 0.29) is 0 Å². The molecule has 5 heterocycles. The van der Waals surface area contributed by atoms with Gasteiger partial charge in [0.2, 0.25) is 5.88 Å². The first-order valence-corrected chi connectivity index (χ1v) is 13.0. The number of hydrogen-bond acceptors (Lipinski definition) is 7. The summed E-state index contributed by atoms with van der Waals surface area (Å²) < 4.78 is 12.0. The molecule has 0 unspecified atom stereocenters. The average molecular weight is 487 g/mol. The molecule has 1 aromatic carbocycles. The van der Waals surface area contributed by atoms with Crippen molar-refractivity contribution in [3.05, 3.63) is 41.6 Å². The number of benzene rings is 1. The number of aromatic nitrogens is 3. The normalized spacial score (nSPS) is 17.8. The van der Waals surface area contributed by atoms with Gasteiger partial charge in [0.25, 0.3) is 0 Å². The Morgan fingerprint density at radius 2 is 1.92 bits per heavy atom. The predicted octanol–water partition coefficient (Wildman–Crippen LogP) is 5.14. The number of ether oxygens (including phenoxy) is 1. The Bertz CT molecular complexity index is 1390. The first-order chi connectivity index (χ1) is 17.7. The van der Waals surface area contributed by atoms with Crippen molar-refractivity contribution in [1.29, 1.82) is 0 Å². The molecule has 6 rings (SSSR count). The number of nitrogens with zero attached hydrogens (tertiary/aromatic N) is 4. The molecule has 3 aromatic heterocycles. The van der Waals surface area contributed by atoms with Gasteiger partial charge in [-0.3, -0.25) is 4.90 Å². The third kappa shape index (κ3) is 4.35. The van der Waals surface area contributed by atoms with E-state index in [1.54, 1.807) is 0 Å². The molecular formula is C28H34N6O2. The fraction of sp³-hybridized carbons (Fsp3) is 0.429. The summed E-state index contributed by atoms with van der Waals surface area (Å²) in [6, 6.07) is 8.31. The summed E-state index contributed by atoms with van der Waals surface area (Å²) in [6.07, 6.45) is 8.11. The number of likely N-dealkylation sites (tertiary alicyclic amines) is 1. The van der Waals surface area contributed by atoms with E-state index in [0.29, 0.717) is 19.0 Å². The molecule has 0 atom stereocenters. The molecule has 2 saturated heterocycles. The summed E-state index contributed by atoms with van der Waals surface area (Å²) in [6.45, 7) is 8.41. The maximum Gasteiger partial charge on any atom is 0.203 e. The molecule has 0 aliphatic carbocycles. The second-order valence-electron chi connectivity index (χ2n) is 9.81. The zero-order valence-corrected chi connectivity index (χ0v) is 21.1. The number of H-pyrrole nitrogens is 1. The van der Waals surface area contributed by atoms with Crippen LogP contribution in [0.4, 0.5) is 11.7 Å². The van der Waals surface area contributed by atoms with E-state index in [1.165, 1.54) is 37.9 Å². The van der Waals surface area contributed by atoms with Gasteiger partial charge in [0.1, 0.15) is 5.52 Å². The number of nitrogens with one attached hydrogen (secondary N) is 2. The molecule has 2 aliphatic heterocycles. The number of aromatic amines is 1. The van der Waals surface area contributed by atoms with Gasteiger partial charge in [0, 0.05) is 49.3 Å². The Balaban J connectivity index is 1.51. The fourth-order valence-corrected chi connectivity index (χ4v) is 5.45. The van der Waals surface area contributed by atoms with Crippen LogP contribution in [-0.4, -0.2) is 72.8 Å². The number of rotatable bonds is 6. The molecule has 0 saturated carbocycles. The van der Waals surface area contributed by atoms with Gasteiger partial charge in [0.15, 0.2) is 17.2 Å². The predicted molar refractivity (Wildman–Crippen MR) is 146 cm³/mol. The lowest BCUT2D eigenvalue weighted by Crippen LogP contribution is -2.37. The number of furan rings is 1. The summed E-state index contributed by atoms with van der Waals surface area (Å²) >= 11 is 0. The minimum atomic E-state index is 0.676. The Morgan fingerprint density at radius 3 is 2.72 bits per heavy atom. The van der Waals surface area contributed by atoms with Crippen molar-refractivity contribution in [3.8, 4) is 11.4 Å². The summed E-state index contributed by atoms with van der Waals surface area (Å²) in [4.78, 5) is 18.3. The maximum atomic E-state index is 6.40. The molecule has 4 aromatic rings. The molecule has 0 radical (unpaired) electrons. The zero-order valence-electron chi connectivity index (χ0n) is 21.1. The quantitative estimate of drug-likeness (QED) is 0.391. The van der Waals surface area contributed by atoms with Gasteiger partial charge < -0.3 is 24.4 Å². The number of piperidine rings is 1. The summed E-state index contributed by atoms with van der Waals surface area (Å²) in [5.74, 6) is 2.26. The Hall–Kier alpha value is -3.36. The second kappa shape index (κ2) is 9.95. The van der Waals surface area contributed by atoms with Crippen molar-refractivity contribution in [1.82, 2.24) is 19.9 Å². The van der Waals surface area contributed by atoms with Gasteiger partial charge in [0.05, 0.1) is 18.8 Å². The van der Waals surface area contributed by atoms with Gasteiger partial charge in [-0.25, -0.2) is 9.97 Å². The molecule has 0 amide bonds. The van der Waals surface area contributed by atoms with Crippen LogP contribution >= 0.6 is 0 Å². The van der Waals surface area contributed by atoms with E-state index in [0.717, 1.165) is 64.5 Å². The van der Waals surface area contributed by atoms with Crippen LogP contribution < -0.4 is 10.2 Å². The SMILES string of the molecule is CNc1oc2c(N3CCOCC3)nc(-c3cccc4[nH]ccc34)nc2c1/C=C(\C)CN1CCCCC1. The smallest absolute Gasteiger partial charge is 0.203 e. The van der Waals surface area contributed by atoms with Crippen LogP contribution in [0.15, 0.2) is 40.5 Å². The molecule has 8 nitrogen and oxygen atoms in total. The van der Waals surface area contributed by atoms with Crippen LogP contribution in [0.2, 0.25) is 0 Å². The van der Waals surface area contributed by atoms with E-state index in [1.807, 2.05) is 19.3 Å². The number of fused-ring (bicyclic) bond motifs is 2. The highest BCUT2D eigenvalue weighted by Gasteiger charge is 2.25. The van der Waals surface area contributed by atoms with Crippen LogP contribution in [0, 0.1) is 0 Å². The Morgan fingerprint density at radius 1 is 1.08 bits per heavy atom. The van der Waals surface area contributed by atoms with Crippen molar-refractivity contribution in [2.75, 3.05) is 63.2 Å². The second-order valence-corrected chi connectivity index (χ2v) is 9.81. The van der Waals surface area contributed by atoms with Crippen molar-refractivity contribution in [3.63, 3.8) is 0 Å². The van der Waals surface area contributed by atoms with E-state index in [2.05, 4.69) is 51.3 Å². The van der Waals surface area contributed by atoms with E-state index in [9.17, 15) is 0 Å². The fourth-order valence-electron chi connectivity index (χ4n) is 5.45. The minimum absolute atomic E-state index is 0.676. The summed E-state index contributed by atoms with van der Waals surface area (Å²) in [7, 11) is 1.90. The molecule has 2 aliphatic rings. The van der Waals surface area contributed by atoms with Crippen LogP contribution in [0.1, 0.15) is 31.7 Å². The number of morpholine rings is 1. The van der Waals surface area contributed by atoms with Crippen molar-refractivity contribution < 1.29 is 9.15 Å². The zero-order chi connectivity index (χ0) is 24.5. The first-order valence-electron chi connectivity index (χ1n) is 13.0. The van der Waals surface area contributed by atoms with Gasteiger partial charge in [-0.2, -0.15) is 0 Å². The van der Waals surface area contributed by atoms with Crippen LogP contribution in [0.5, 0.6) is 0 Å². The minimum Gasteiger partial charge on any atom is -0.434 e. The van der Waals surface area contributed by atoms with Gasteiger partial charge in [-0.05, 0) is 51.1 Å². The average Bonchev–Trinajstić information content (AvgIpc) is 3.54. The van der Waals surface area contributed by atoms with Gasteiger partial charge in [-0.1, -0.05) is 24.1 Å². The lowest BCUT2D eigenvalue weighted by molar-refractivity contribution is 0.122. The highest BCUT2D eigenvalue weighted by Crippen LogP contribution is 2.38. The van der Waals surface area contributed by atoms with E-state index >= 15 is 0 Å². The molecular weight excluding hydrogens is 452 g/mol. The monoisotopic (exact) mass is 486 g/mol. The summed E-state index contributed by atoms with van der Waals surface area (Å²) in [5, 5.41) is 4.38. The maximum absolute atomic E-state index is 6.40. The van der Waals surface area contributed by atoms with Crippen LogP contribution in [0.3, 0.4) is 0 Å². The highest BCUT2D eigenvalue weighted by molar-refractivity contribution is 5.99. The van der Waals surface area contributed by atoms with Crippen LogP contribution in [-0.2, 0) is 4.74 Å². The number of anilines is 2. The van der Waals surface area contributed by atoms with Gasteiger partial charge in [-0.15, -0.1) is 0 Å². The third-order valence-electron chi connectivity index (χ3n) is 7.24. The Labute approximate surface area is 211 Å². The van der Waals surface area contributed by atoms with Crippen molar-refractivity contribution in [2.24, 2.45) is 0 Å². The molecule has 8 heteroatoms. The first kappa shape index (κ1) is 23.1. The molecule has 2 N–H and O–H groups in total. The third-order valence-corrected chi connectivity index (χ3v) is 7.24. The number of hydrogen-bond donors (Lipinski definition) is 2. The van der Waals surface area contributed by atoms with Crippen molar-refractivity contribution >= 4 is 39.8 Å². The lowest BCUT2D eigenvalue weighted by atomic mass is 10.1. The lowest BCUT2D eigenvalue weighted by Gasteiger charge is -2.28. The summed E-state index contributed by atoms with van der Waals surface area (Å²) in [5.41, 5.74) is 5.94. The molecule has 0 bridgehead atoms. The molecule has 36 heavy (non-hydrogen) atoms. The largest absolute Gasteiger partial charge is 0.434 e. The van der Waals surface area contributed by atoms with Crippen molar-refractivity contribution in [2.45, 2.75) is 26.2 Å². The molecule has 188 valence electrons. The van der Waals surface area contributed by atoms with E-state index in [4.69, 9.17) is 19.1 Å². The molecule has 2 fully saturated rings. The standard InChI is InChI=1S/C28H34N6O2/c1-19(18-33-11-4-3-5-12-33)17-22-24-25(36-28(22)29-2)27(34-13-15-35-16-14-34)32-26(31-24)21-7-6-8-23-20(21)9-10-30-23/h6-10,17,29-30H,3-5,11-16,18H2,1-2H3/b19-17+. The Kier molecular flexibility index (Phi) is 6.37. The van der Waals surface area contributed by atoms with Crippen LogP contribution in [0.25, 0.3) is 39.5 Å². The van der Waals surface area contributed by atoms with Gasteiger partial charge >= 0.3 is 0 Å².